The number of amides is 2. The van der Waals surface area contributed by atoms with E-state index in [1.54, 1.807) is 13.2 Å². The number of unbranched alkanes of at least 4 members (excludes halogenated alkanes) is 9. The second-order valence-electron chi connectivity index (χ2n) is 21.9. The maximum absolute atomic E-state index is 13.5. The number of hydrogen-bond acceptors (Lipinski definition) is 9. The molecule has 3 aromatic rings. The van der Waals surface area contributed by atoms with Gasteiger partial charge in [-0.25, -0.2) is 4.98 Å². The first-order chi connectivity index (χ1) is 32.0. The first-order valence-corrected chi connectivity index (χ1v) is 26.4. The molecule has 66 heavy (non-hydrogen) atoms. The van der Waals surface area contributed by atoms with Crippen LogP contribution in [0.2, 0.25) is 0 Å². The van der Waals surface area contributed by atoms with Crippen LogP contribution in [0.25, 0.3) is 11.0 Å². The van der Waals surface area contributed by atoms with E-state index in [1.165, 1.54) is 96.4 Å². The highest BCUT2D eigenvalue weighted by Crippen LogP contribution is 2.51. The predicted octanol–water partition coefficient (Wildman–Crippen LogP) is 10.2. The van der Waals surface area contributed by atoms with Gasteiger partial charge in [-0.2, -0.15) is 4.98 Å². The van der Waals surface area contributed by atoms with Gasteiger partial charge in [0.15, 0.2) is 0 Å². The van der Waals surface area contributed by atoms with Crippen molar-refractivity contribution < 1.29 is 14.3 Å². The van der Waals surface area contributed by atoms with E-state index in [1.807, 2.05) is 23.8 Å². The Bertz CT molecular complexity index is 2120. The van der Waals surface area contributed by atoms with Crippen LogP contribution in [0.4, 0.5) is 17.3 Å². The highest BCUT2D eigenvalue weighted by Gasteiger charge is 2.42. The van der Waals surface area contributed by atoms with E-state index < -0.39 is 0 Å². The fourth-order valence-corrected chi connectivity index (χ4v) is 12.6. The molecule has 2 unspecified atom stereocenters. The van der Waals surface area contributed by atoms with Crippen LogP contribution >= 0.6 is 0 Å². The Labute approximate surface area is 395 Å². The van der Waals surface area contributed by atoms with Gasteiger partial charge < -0.3 is 25.6 Å². The Balaban J connectivity index is 0.690. The molecule has 8 rings (SSSR count). The number of fused-ring (bicyclic) bond motifs is 3. The summed E-state index contributed by atoms with van der Waals surface area (Å²) in [5.41, 5.74) is 3.60. The number of nitrogens with one attached hydrogen (secondary N) is 3. The number of anilines is 3. The summed E-state index contributed by atoms with van der Waals surface area (Å²) in [6, 6.07) is 8.17. The van der Waals surface area contributed by atoms with E-state index in [0.29, 0.717) is 11.6 Å². The summed E-state index contributed by atoms with van der Waals surface area (Å²) in [7, 11) is 1.69. The molecule has 5 fully saturated rings. The van der Waals surface area contributed by atoms with Crippen molar-refractivity contribution in [2.75, 3.05) is 56.6 Å². The number of hydrogen-bond donors (Lipinski definition) is 3. The number of methoxy groups -OCH3 is 1. The average molecular weight is 907 g/mol. The van der Waals surface area contributed by atoms with Gasteiger partial charge in [0.2, 0.25) is 17.8 Å². The molecule has 2 bridgehead atoms. The van der Waals surface area contributed by atoms with E-state index in [0.717, 1.165) is 130 Å². The minimum atomic E-state index is -0.0460. The van der Waals surface area contributed by atoms with Crippen LogP contribution in [0.5, 0.6) is 5.75 Å². The molecule has 4 aliphatic carbocycles. The zero-order chi connectivity index (χ0) is 46.0. The molecule has 2 atom stereocenters. The van der Waals surface area contributed by atoms with Gasteiger partial charge in [-0.3, -0.25) is 23.9 Å². The third kappa shape index (κ3) is 13.1. The van der Waals surface area contributed by atoms with Gasteiger partial charge in [0.1, 0.15) is 11.4 Å². The molecule has 4 saturated carbocycles. The molecule has 3 heterocycles. The standard InChI is InChI=1S/C54H82N8O4/c1-38-29-40-32-41(30-38)35-54(3,34-40)36-49(63)55-23-13-11-9-7-5-6-8-10-12-14-24-60-25-27-61(28-26-60)45-21-22-47(48(33-45)66-4)58-53-56-37-46-39(2)31-50(64)62(51(46)59-53)44-19-17-43(18-20-44)57-52(65)42-15-16-42/h21-22,31,33,37-38,40-44H,5-20,23-30,32,34-36H2,1-4H3,(H,55,63)(H,57,65)(H,56,58,59). The predicted molar refractivity (Wildman–Crippen MR) is 267 cm³/mol. The SMILES string of the molecule is COc1cc(N2CCN(CCCCCCCCCCCCNC(=O)CC3(C)CC4CC(C)CC(C4)C3)CC2)ccc1Nc1ncc2c(C)cc(=O)n(C3CCC(NC(=O)C4CC4)CC3)c2n1. The highest BCUT2D eigenvalue weighted by atomic mass is 16.5. The van der Waals surface area contributed by atoms with Crippen LogP contribution in [0, 0.1) is 36.0 Å². The molecule has 1 saturated heterocycles. The quantitative estimate of drug-likeness (QED) is 0.0843. The fourth-order valence-electron chi connectivity index (χ4n) is 12.6. The second-order valence-corrected chi connectivity index (χ2v) is 21.9. The van der Waals surface area contributed by atoms with Crippen LogP contribution in [-0.4, -0.2) is 83.7 Å². The number of ether oxygens (including phenoxy) is 1. The first-order valence-electron chi connectivity index (χ1n) is 26.4. The van der Waals surface area contributed by atoms with Gasteiger partial charge in [-0.05, 0) is 138 Å². The molecule has 1 aromatic carbocycles. The summed E-state index contributed by atoms with van der Waals surface area (Å²) in [5.74, 6) is 4.40. The number of aromatic nitrogens is 3. The number of carbonyl (C=O) groups is 2. The largest absolute Gasteiger partial charge is 0.494 e. The monoisotopic (exact) mass is 907 g/mol. The maximum Gasteiger partial charge on any atom is 0.252 e. The minimum absolute atomic E-state index is 0.0191. The number of benzene rings is 1. The second kappa shape index (κ2) is 22.7. The maximum atomic E-state index is 13.5. The number of piperazine rings is 1. The van der Waals surface area contributed by atoms with Crippen molar-refractivity contribution in [1.82, 2.24) is 30.1 Å². The van der Waals surface area contributed by atoms with E-state index in [9.17, 15) is 14.4 Å². The van der Waals surface area contributed by atoms with Gasteiger partial charge in [0.05, 0.1) is 12.8 Å². The molecular formula is C54H82N8O4. The van der Waals surface area contributed by atoms with Crippen LogP contribution in [-0.2, 0) is 9.59 Å². The molecule has 1 aliphatic heterocycles. The lowest BCUT2D eigenvalue weighted by Crippen LogP contribution is -2.46. The van der Waals surface area contributed by atoms with Crippen LogP contribution in [0.1, 0.15) is 167 Å². The summed E-state index contributed by atoms with van der Waals surface area (Å²) in [4.78, 5) is 53.3. The normalized spacial score (nSPS) is 25.7. The van der Waals surface area contributed by atoms with E-state index in [-0.39, 0.29) is 40.8 Å². The van der Waals surface area contributed by atoms with Gasteiger partial charge in [0.25, 0.3) is 5.56 Å². The Hall–Kier alpha value is -4.19. The van der Waals surface area contributed by atoms with Crippen molar-refractivity contribution >= 4 is 40.2 Å². The molecule has 2 aromatic heterocycles. The van der Waals surface area contributed by atoms with Crippen LogP contribution < -0.4 is 31.1 Å². The molecule has 12 heteroatoms. The van der Waals surface area contributed by atoms with Crippen molar-refractivity contribution in [2.45, 2.75) is 174 Å². The molecule has 0 radical (unpaired) electrons. The average Bonchev–Trinajstić information content (AvgIpc) is 4.15. The van der Waals surface area contributed by atoms with Crippen LogP contribution in [0.15, 0.2) is 35.3 Å². The number of aryl methyl sites for hydroxylation is 1. The molecule has 2 amide bonds. The lowest BCUT2D eigenvalue weighted by molar-refractivity contribution is -0.125. The highest BCUT2D eigenvalue weighted by molar-refractivity contribution is 5.81. The van der Waals surface area contributed by atoms with Crippen molar-refractivity contribution in [3.63, 3.8) is 0 Å². The third-order valence-electron chi connectivity index (χ3n) is 16.0. The number of nitrogens with zero attached hydrogens (tertiary/aromatic N) is 5. The summed E-state index contributed by atoms with van der Waals surface area (Å²) in [5, 5.41) is 10.8. The fraction of sp³-hybridized carbons (Fsp3) is 0.722. The molecule has 362 valence electrons. The Morgan fingerprint density at radius 1 is 0.833 bits per heavy atom. The summed E-state index contributed by atoms with van der Waals surface area (Å²) in [6.45, 7) is 12.9. The topological polar surface area (TPSA) is 134 Å². The molecule has 0 spiro atoms. The van der Waals surface area contributed by atoms with Crippen molar-refractivity contribution in [2.24, 2.45) is 29.1 Å². The van der Waals surface area contributed by atoms with E-state index in [2.05, 4.69) is 56.7 Å². The first kappa shape index (κ1) is 48.3. The Morgan fingerprint density at radius 2 is 1.50 bits per heavy atom. The Morgan fingerprint density at radius 3 is 2.17 bits per heavy atom. The van der Waals surface area contributed by atoms with E-state index in [4.69, 9.17) is 9.72 Å². The summed E-state index contributed by atoms with van der Waals surface area (Å²) in [6.07, 6.45) is 27.4. The zero-order valence-electron chi connectivity index (χ0n) is 41.0. The van der Waals surface area contributed by atoms with Crippen molar-refractivity contribution in [1.29, 1.82) is 0 Å². The van der Waals surface area contributed by atoms with Gasteiger partial charge in [0, 0.05) is 86.5 Å². The van der Waals surface area contributed by atoms with Gasteiger partial charge >= 0.3 is 0 Å². The molecule has 3 N–H and O–H groups in total. The number of carbonyl (C=O) groups excluding carboxylic acids is 2. The summed E-state index contributed by atoms with van der Waals surface area (Å²) < 4.78 is 7.74. The van der Waals surface area contributed by atoms with Crippen LogP contribution in [0.3, 0.4) is 0 Å². The van der Waals surface area contributed by atoms with Crippen molar-refractivity contribution in [3.05, 3.63) is 46.4 Å². The zero-order valence-corrected chi connectivity index (χ0v) is 41.0. The molecule has 5 aliphatic rings. The van der Waals surface area contributed by atoms with Gasteiger partial charge in [-0.1, -0.05) is 65.2 Å². The van der Waals surface area contributed by atoms with Crippen molar-refractivity contribution in [3.8, 4) is 5.75 Å². The summed E-state index contributed by atoms with van der Waals surface area (Å²) >= 11 is 0. The lowest BCUT2D eigenvalue weighted by atomic mass is 9.58. The number of rotatable bonds is 22. The van der Waals surface area contributed by atoms with Gasteiger partial charge in [-0.15, -0.1) is 0 Å². The lowest BCUT2D eigenvalue weighted by Gasteiger charge is -2.47. The molecule has 12 nitrogen and oxygen atoms in total. The molecular weight excluding hydrogens is 825 g/mol. The smallest absolute Gasteiger partial charge is 0.252 e. The van der Waals surface area contributed by atoms with E-state index >= 15 is 0 Å². The minimum Gasteiger partial charge on any atom is -0.494 e. The third-order valence-corrected chi connectivity index (χ3v) is 16.0. The Kier molecular flexibility index (Phi) is 16.6. The number of pyridine rings is 1.